The lowest BCUT2D eigenvalue weighted by molar-refractivity contribution is -0.129. The average Bonchev–Trinajstić information content (AvgIpc) is 3.18. The number of Topliss-reactive ketones (excluding diaryl/α,β-unsaturated/α-hetero) is 2. The van der Waals surface area contributed by atoms with Crippen LogP contribution in [0.4, 0.5) is 0 Å². The Kier molecular flexibility index (Phi) is 5.91. The molecule has 2 fully saturated rings. The van der Waals surface area contributed by atoms with Gasteiger partial charge in [0.05, 0.1) is 5.41 Å². The van der Waals surface area contributed by atoms with Gasteiger partial charge in [-0.15, -0.1) is 0 Å². The van der Waals surface area contributed by atoms with Gasteiger partial charge in [-0.3, -0.25) is 14.5 Å². The van der Waals surface area contributed by atoms with Gasteiger partial charge in [0, 0.05) is 29.9 Å². The minimum absolute atomic E-state index is 0.0649. The second-order valence-corrected chi connectivity index (χ2v) is 9.02. The van der Waals surface area contributed by atoms with Gasteiger partial charge in [-0.25, -0.2) is 4.98 Å². The Morgan fingerprint density at radius 3 is 2.80 bits per heavy atom. The van der Waals surface area contributed by atoms with Crippen LogP contribution in [0.5, 0.6) is 6.01 Å². The van der Waals surface area contributed by atoms with Crippen LogP contribution in [0.1, 0.15) is 75.2 Å². The lowest BCUT2D eigenvalue weighted by Crippen LogP contribution is -2.42. The largest absolute Gasteiger partial charge is 0.459 e. The number of hydrogen-bond donors (Lipinski definition) is 1. The van der Waals surface area contributed by atoms with Crippen molar-refractivity contribution in [3.05, 3.63) is 29.2 Å². The van der Waals surface area contributed by atoms with Gasteiger partial charge in [0.15, 0.2) is 0 Å². The number of nitrogens with zero attached hydrogens (tertiary/aromatic N) is 3. The van der Waals surface area contributed by atoms with Crippen LogP contribution >= 0.6 is 0 Å². The first-order valence-corrected chi connectivity index (χ1v) is 11.2. The first kappa shape index (κ1) is 21.0. The maximum absolute atomic E-state index is 13.3. The molecule has 1 aromatic rings. The topological polar surface area (TPSA) is 98.4 Å². The molecule has 0 unspecified atom stereocenters. The van der Waals surface area contributed by atoms with Crippen molar-refractivity contribution in [2.24, 2.45) is 11.1 Å². The summed E-state index contributed by atoms with van der Waals surface area (Å²) in [6.45, 7) is 3.08. The predicted octanol–water partition coefficient (Wildman–Crippen LogP) is 3.05. The Morgan fingerprint density at radius 1 is 1.27 bits per heavy atom. The van der Waals surface area contributed by atoms with E-state index in [2.05, 4.69) is 21.9 Å². The lowest BCUT2D eigenvalue weighted by Gasteiger charge is -2.40. The molecule has 7 heteroatoms. The van der Waals surface area contributed by atoms with Gasteiger partial charge in [0.2, 0.25) is 5.78 Å². The van der Waals surface area contributed by atoms with Gasteiger partial charge in [0.1, 0.15) is 17.6 Å². The summed E-state index contributed by atoms with van der Waals surface area (Å²) in [5, 5.41) is 0. The van der Waals surface area contributed by atoms with Crippen LogP contribution < -0.4 is 10.5 Å². The molecule has 1 spiro atoms. The number of hydrogen-bond acceptors (Lipinski definition) is 7. The minimum atomic E-state index is -0.643. The molecule has 2 heterocycles. The van der Waals surface area contributed by atoms with Gasteiger partial charge < -0.3 is 10.5 Å². The molecule has 0 bridgehead atoms. The average molecular weight is 413 g/mol. The molecule has 1 saturated heterocycles. The zero-order valence-electron chi connectivity index (χ0n) is 18.0. The van der Waals surface area contributed by atoms with Gasteiger partial charge in [0.25, 0.3) is 0 Å². The summed E-state index contributed by atoms with van der Waals surface area (Å²) in [5.41, 5.74) is 7.15. The van der Waals surface area contributed by atoms with E-state index in [4.69, 9.17) is 10.5 Å². The zero-order chi connectivity index (χ0) is 21.3. The summed E-state index contributed by atoms with van der Waals surface area (Å²) >= 11 is 0. The Balaban J connectivity index is 1.56. The summed E-state index contributed by atoms with van der Waals surface area (Å²) in [7, 11) is 2.10. The predicted molar refractivity (Wildman–Crippen MR) is 113 cm³/mol. The first-order chi connectivity index (χ1) is 14.4. The molecular formula is C23H32N4O3. The van der Waals surface area contributed by atoms with E-state index in [1.165, 1.54) is 0 Å². The molecule has 1 saturated carbocycles. The number of ether oxygens (including phenoxy) is 1. The van der Waals surface area contributed by atoms with Crippen molar-refractivity contribution >= 4 is 11.6 Å². The lowest BCUT2D eigenvalue weighted by atomic mass is 9.64. The van der Waals surface area contributed by atoms with Crippen LogP contribution in [-0.2, 0) is 4.79 Å². The van der Waals surface area contributed by atoms with Crippen LogP contribution in [0, 0.1) is 5.41 Å². The molecule has 7 nitrogen and oxygen atoms in total. The molecule has 30 heavy (non-hydrogen) atoms. The standard InChI is InChI=1S/C23H32N4O3/c1-15(18-8-6-14-27(18)2)30-22-25-13-10-17(26-22)20(29)16-7-5-12-23(21(16)24)11-4-3-9-19(23)28/h10,13,15,18H,3-9,11-12,14,24H2,1-2H3/t15-,18-,23+/m0/s1. The quantitative estimate of drug-likeness (QED) is 0.742. The van der Waals surface area contributed by atoms with E-state index in [9.17, 15) is 9.59 Å². The van der Waals surface area contributed by atoms with Crippen molar-refractivity contribution < 1.29 is 14.3 Å². The van der Waals surface area contributed by atoms with E-state index < -0.39 is 5.41 Å². The Morgan fingerprint density at radius 2 is 2.07 bits per heavy atom. The fourth-order valence-corrected chi connectivity index (χ4v) is 5.45. The summed E-state index contributed by atoms with van der Waals surface area (Å²) in [6.07, 6.45) is 9.06. The number of nitrogens with two attached hydrogens (primary N) is 1. The van der Waals surface area contributed by atoms with Crippen molar-refractivity contribution in [3.8, 4) is 6.01 Å². The summed E-state index contributed by atoms with van der Waals surface area (Å²) < 4.78 is 5.98. The molecule has 1 aromatic heterocycles. The SMILES string of the molecule is C[C@H](Oc1nccc(C(=O)C2=C(N)[C@]3(CCCCC3=O)CCC2)n1)[C@@H]1CCCN1C. The highest BCUT2D eigenvalue weighted by Crippen LogP contribution is 2.47. The number of allylic oxidation sites excluding steroid dienone is 2. The second-order valence-electron chi connectivity index (χ2n) is 9.02. The molecule has 1 aliphatic heterocycles. The van der Waals surface area contributed by atoms with E-state index in [1.807, 2.05) is 6.92 Å². The zero-order valence-corrected chi connectivity index (χ0v) is 18.0. The highest BCUT2D eigenvalue weighted by Gasteiger charge is 2.45. The number of carbonyl (C=O) groups excluding carboxylic acids is 2. The van der Waals surface area contributed by atoms with E-state index >= 15 is 0 Å². The number of ketones is 2. The van der Waals surface area contributed by atoms with Gasteiger partial charge in [-0.1, -0.05) is 6.42 Å². The smallest absolute Gasteiger partial charge is 0.317 e. The van der Waals surface area contributed by atoms with Gasteiger partial charge >= 0.3 is 6.01 Å². The molecule has 162 valence electrons. The molecule has 3 aliphatic rings. The maximum Gasteiger partial charge on any atom is 0.317 e. The summed E-state index contributed by atoms with van der Waals surface area (Å²) in [6, 6.07) is 2.14. The molecule has 2 aliphatic carbocycles. The number of likely N-dealkylation sites (tertiary alicyclic amines) is 1. The number of rotatable bonds is 5. The van der Waals surface area contributed by atoms with Crippen LogP contribution in [0.2, 0.25) is 0 Å². The summed E-state index contributed by atoms with van der Waals surface area (Å²) in [4.78, 5) is 36.9. The van der Waals surface area contributed by atoms with E-state index in [0.29, 0.717) is 30.2 Å². The van der Waals surface area contributed by atoms with Crippen LogP contribution in [0.25, 0.3) is 0 Å². The second kappa shape index (κ2) is 8.46. The van der Waals surface area contributed by atoms with Crippen molar-refractivity contribution in [1.29, 1.82) is 0 Å². The molecular weight excluding hydrogens is 380 g/mol. The number of carbonyl (C=O) groups is 2. The van der Waals surface area contributed by atoms with E-state index in [0.717, 1.165) is 51.5 Å². The van der Waals surface area contributed by atoms with Crippen molar-refractivity contribution in [2.45, 2.75) is 76.9 Å². The third kappa shape index (κ3) is 3.75. The molecule has 4 rings (SSSR count). The third-order valence-corrected chi connectivity index (χ3v) is 7.21. The maximum atomic E-state index is 13.3. The number of aromatic nitrogens is 2. The number of likely N-dealkylation sites (N-methyl/N-ethyl adjacent to an activating group) is 1. The van der Waals surface area contributed by atoms with Crippen molar-refractivity contribution in [2.75, 3.05) is 13.6 Å². The first-order valence-electron chi connectivity index (χ1n) is 11.2. The fraction of sp³-hybridized carbons (Fsp3) is 0.652. The highest BCUT2D eigenvalue weighted by molar-refractivity contribution is 6.09. The van der Waals surface area contributed by atoms with E-state index in [1.54, 1.807) is 12.3 Å². The normalized spacial score (nSPS) is 28.7. The van der Waals surface area contributed by atoms with Crippen molar-refractivity contribution in [1.82, 2.24) is 14.9 Å². The monoisotopic (exact) mass is 412 g/mol. The molecule has 0 amide bonds. The Labute approximate surface area is 178 Å². The molecule has 2 N–H and O–H groups in total. The minimum Gasteiger partial charge on any atom is -0.459 e. The fourth-order valence-electron chi connectivity index (χ4n) is 5.45. The Hall–Kier alpha value is -2.28. The van der Waals surface area contributed by atoms with Gasteiger partial charge in [-0.2, -0.15) is 4.98 Å². The van der Waals surface area contributed by atoms with Crippen molar-refractivity contribution in [3.63, 3.8) is 0 Å². The van der Waals surface area contributed by atoms with Crippen LogP contribution in [0.3, 0.4) is 0 Å². The summed E-state index contributed by atoms with van der Waals surface area (Å²) in [5.74, 6) is -0.0136. The molecule has 0 radical (unpaired) electrons. The van der Waals surface area contributed by atoms with E-state index in [-0.39, 0.29) is 29.4 Å². The van der Waals surface area contributed by atoms with Gasteiger partial charge in [-0.05, 0) is 71.5 Å². The van der Waals surface area contributed by atoms with Crippen LogP contribution in [0.15, 0.2) is 23.5 Å². The Bertz CT molecular complexity index is 868. The third-order valence-electron chi connectivity index (χ3n) is 7.21. The van der Waals surface area contributed by atoms with Crippen LogP contribution in [-0.4, -0.2) is 52.2 Å². The highest BCUT2D eigenvalue weighted by atomic mass is 16.5. The molecule has 0 aromatic carbocycles. The molecule has 3 atom stereocenters.